The van der Waals surface area contributed by atoms with Crippen LogP contribution in [0.2, 0.25) is 0 Å². The average molecular weight is 807 g/mol. The van der Waals surface area contributed by atoms with Crippen molar-refractivity contribution < 1.29 is 30.5 Å². The monoisotopic (exact) mass is 806 g/mol. The van der Waals surface area contributed by atoms with Crippen LogP contribution in [-0.4, -0.2) is 26.6 Å². The zero-order chi connectivity index (χ0) is 32.5. The summed E-state index contributed by atoms with van der Waals surface area (Å²) in [7, 11) is 0. The minimum Gasteiger partial charge on any atom is -0.512 e. The smallest absolute Gasteiger partial charge is 0.512 e. The van der Waals surface area contributed by atoms with Crippen LogP contribution in [0, 0.1) is 12.1 Å². The van der Waals surface area contributed by atoms with Crippen LogP contribution in [0.25, 0.3) is 27.6 Å². The Balaban J connectivity index is 0.00000386. The molecule has 0 amide bonds. The van der Waals surface area contributed by atoms with Crippen LogP contribution >= 0.6 is 0 Å². The molecule has 0 radical (unpaired) electrons. The molecule has 1 saturated carbocycles. The van der Waals surface area contributed by atoms with Gasteiger partial charge >= 0.3 is 21.1 Å². The van der Waals surface area contributed by atoms with Gasteiger partial charge in [0.2, 0.25) is 0 Å². The van der Waals surface area contributed by atoms with Crippen LogP contribution in [0.5, 0.6) is 11.5 Å². The normalized spacial score (nSPS) is 21.5. The molecule has 5 aromatic rings. The first kappa shape index (κ1) is 33.5. The molecular formula is C41H45N3O2Pt. The van der Waals surface area contributed by atoms with E-state index < -0.39 is 0 Å². The van der Waals surface area contributed by atoms with E-state index in [0.29, 0.717) is 17.4 Å². The molecule has 1 aliphatic heterocycles. The fourth-order valence-corrected chi connectivity index (χ4v) is 7.00. The number of rotatable bonds is 4. The number of hydrogen-bond acceptors (Lipinski definition) is 4. The summed E-state index contributed by atoms with van der Waals surface area (Å²) in [5.74, 6) is 2.79. The Morgan fingerprint density at radius 2 is 1.53 bits per heavy atom. The Kier molecular flexibility index (Phi) is 8.49. The molecule has 6 heteroatoms. The number of ether oxygens (including phenoxy) is 2. The number of aromatic nitrogens is 2. The predicted molar refractivity (Wildman–Crippen MR) is 188 cm³/mol. The van der Waals surface area contributed by atoms with Crippen molar-refractivity contribution in [3.63, 3.8) is 0 Å². The molecule has 0 N–H and O–H groups in total. The number of fused-ring (bicyclic) bond motifs is 4. The fraction of sp³-hybridized carbons (Fsp3) is 0.415. The average Bonchev–Trinajstić information content (AvgIpc) is 3.41. The van der Waals surface area contributed by atoms with Crippen LogP contribution in [-0.2, 0) is 36.6 Å². The van der Waals surface area contributed by atoms with E-state index in [2.05, 4.69) is 127 Å². The minimum atomic E-state index is -0.310. The largest absolute Gasteiger partial charge is 2.00 e. The van der Waals surface area contributed by atoms with Crippen LogP contribution in [0.15, 0.2) is 71.9 Å². The second kappa shape index (κ2) is 11.9. The summed E-state index contributed by atoms with van der Waals surface area (Å²) in [6.07, 6.45) is 7.53. The van der Waals surface area contributed by atoms with Crippen molar-refractivity contribution in [1.82, 2.24) is 9.55 Å². The maximum absolute atomic E-state index is 6.73. The third-order valence-electron chi connectivity index (χ3n) is 10.2. The molecule has 2 atom stereocenters. The summed E-state index contributed by atoms with van der Waals surface area (Å²) in [5, 5.41) is 2.26. The summed E-state index contributed by atoms with van der Waals surface area (Å²) in [6.45, 7) is 17.8. The summed E-state index contributed by atoms with van der Waals surface area (Å²) in [4.78, 5) is 10.1. The molecule has 3 heterocycles. The Bertz CT molecular complexity index is 2000. The molecule has 0 saturated heterocycles. The quantitative estimate of drug-likeness (QED) is 0.170. The van der Waals surface area contributed by atoms with Crippen LogP contribution in [0.1, 0.15) is 104 Å². The van der Waals surface area contributed by atoms with Gasteiger partial charge in [-0.3, -0.25) is 4.99 Å². The van der Waals surface area contributed by atoms with Gasteiger partial charge < -0.3 is 14.0 Å². The summed E-state index contributed by atoms with van der Waals surface area (Å²) in [5.41, 5.74) is 4.57. The zero-order valence-electron chi connectivity index (χ0n) is 28.9. The van der Waals surface area contributed by atoms with Gasteiger partial charge in [-0.15, -0.1) is 29.1 Å². The van der Waals surface area contributed by atoms with Gasteiger partial charge in [-0.25, -0.2) is 4.98 Å². The van der Waals surface area contributed by atoms with Crippen molar-refractivity contribution in [2.45, 2.75) is 109 Å². The first-order chi connectivity index (χ1) is 21.7. The minimum absolute atomic E-state index is 0. The van der Waals surface area contributed by atoms with Crippen molar-refractivity contribution in [2.75, 3.05) is 0 Å². The van der Waals surface area contributed by atoms with Crippen molar-refractivity contribution >= 4 is 27.7 Å². The van der Waals surface area contributed by atoms with Crippen LogP contribution < -0.4 is 4.74 Å². The fourth-order valence-electron chi connectivity index (χ4n) is 7.00. The summed E-state index contributed by atoms with van der Waals surface area (Å²) >= 11 is 0. The molecule has 0 unspecified atom stereocenters. The van der Waals surface area contributed by atoms with Gasteiger partial charge in [0, 0.05) is 23.2 Å². The third-order valence-corrected chi connectivity index (χ3v) is 10.2. The molecule has 246 valence electrons. The number of nitrogens with zero attached hydrogens (tertiary/aromatic N) is 3. The second-order valence-corrected chi connectivity index (χ2v) is 15.7. The van der Waals surface area contributed by atoms with E-state index in [1.165, 1.54) is 24.8 Å². The second-order valence-electron chi connectivity index (χ2n) is 15.7. The molecule has 5 nitrogen and oxygen atoms in total. The molecule has 1 fully saturated rings. The molecule has 0 bridgehead atoms. The van der Waals surface area contributed by atoms with Crippen molar-refractivity contribution in [3.8, 4) is 17.3 Å². The van der Waals surface area contributed by atoms with Gasteiger partial charge in [-0.05, 0) is 73.1 Å². The number of pyridine rings is 1. The van der Waals surface area contributed by atoms with Crippen molar-refractivity contribution in [3.05, 3.63) is 95.7 Å². The van der Waals surface area contributed by atoms with E-state index in [0.717, 1.165) is 51.6 Å². The summed E-state index contributed by atoms with van der Waals surface area (Å²) in [6, 6.07) is 28.3. The maximum Gasteiger partial charge on any atom is 2.00 e. The van der Waals surface area contributed by atoms with Crippen LogP contribution in [0.3, 0.4) is 0 Å². The van der Waals surface area contributed by atoms with Gasteiger partial charge in [0.1, 0.15) is 17.3 Å². The SMILES string of the molecule is CC(C)(C)c1cc(Oc2[c-]c3c(cc2)c2ccccc2n3-c2cc(C(C)(C)C)ccn2)[c-]c(C2=N[C@]3(C)CCCCC[C@]3(C)O2)c1.[Pt+2]. The van der Waals surface area contributed by atoms with E-state index in [1.54, 1.807) is 0 Å². The van der Waals surface area contributed by atoms with Gasteiger partial charge in [0.15, 0.2) is 0 Å². The number of hydrogen-bond donors (Lipinski definition) is 0. The van der Waals surface area contributed by atoms with Gasteiger partial charge in [0.25, 0.3) is 0 Å². The molecule has 2 aliphatic rings. The van der Waals surface area contributed by atoms with Crippen LogP contribution in [0.4, 0.5) is 0 Å². The van der Waals surface area contributed by atoms with Gasteiger partial charge in [0.05, 0.1) is 5.54 Å². The zero-order valence-corrected chi connectivity index (χ0v) is 31.1. The number of para-hydroxylation sites is 1. The Morgan fingerprint density at radius 1 is 0.787 bits per heavy atom. The van der Waals surface area contributed by atoms with Crippen molar-refractivity contribution in [2.24, 2.45) is 4.99 Å². The molecule has 0 spiro atoms. The Labute approximate surface area is 294 Å². The summed E-state index contributed by atoms with van der Waals surface area (Å²) < 4.78 is 15.5. The Hall–Kier alpha value is -3.43. The molecule has 1 aliphatic carbocycles. The number of aliphatic imine (C=N–C) groups is 1. The van der Waals surface area contributed by atoms with Gasteiger partial charge in [-0.1, -0.05) is 95.8 Å². The maximum atomic E-state index is 6.73. The first-order valence-corrected chi connectivity index (χ1v) is 16.7. The molecule has 2 aromatic heterocycles. The van der Waals surface area contributed by atoms with Crippen molar-refractivity contribution in [1.29, 1.82) is 0 Å². The van der Waals surface area contributed by atoms with E-state index in [9.17, 15) is 0 Å². The molecule has 47 heavy (non-hydrogen) atoms. The van der Waals surface area contributed by atoms with E-state index in [-0.39, 0.29) is 43.0 Å². The van der Waals surface area contributed by atoms with E-state index in [1.807, 2.05) is 12.3 Å². The van der Waals surface area contributed by atoms with Gasteiger partial charge in [-0.2, -0.15) is 6.07 Å². The number of benzene rings is 3. The Morgan fingerprint density at radius 3 is 2.30 bits per heavy atom. The standard InChI is InChI=1S/C41H45N3O2.Pt/c1-38(2,3)28-18-21-42-36(25-28)44-34-15-11-10-14-32(34)33-17-16-30(26-35(33)44)45-31-23-27(22-29(24-31)39(4,5)6)37-43-40(7)19-12-9-13-20-41(40,8)46-37;/h10-11,14-18,21-22,24-25H,9,12-13,19-20H2,1-8H3;/q-2;+2/t40-,41+;/m1./s1. The first-order valence-electron chi connectivity index (χ1n) is 16.7. The molecular weight excluding hydrogens is 762 g/mol. The topological polar surface area (TPSA) is 48.6 Å². The molecule has 3 aromatic carbocycles. The van der Waals surface area contributed by atoms with E-state index >= 15 is 0 Å². The molecule has 7 rings (SSSR count). The van der Waals surface area contributed by atoms with E-state index in [4.69, 9.17) is 19.5 Å². The predicted octanol–water partition coefficient (Wildman–Crippen LogP) is 10.4. The third kappa shape index (κ3) is 6.05.